The number of nitrogens with one attached hydrogen (secondary N) is 1. The predicted molar refractivity (Wildman–Crippen MR) is 95.8 cm³/mol. The molecule has 1 aliphatic carbocycles. The molecule has 1 saturated heterocycles. The largest absolute Gasteiger partial charge is 0.467 e. The molecule has 2 fully saturated rings. The van der Waals surface area contributed by atoms with Crippen LogP contribution in [-0.2, 0) is 21.3 Å². The zero-order chi connectivity index (χ0) is 18.5. The first-order valence-electron chi connectivity index (χ1n) is 9.59. The molecule has 2 unspecified atom stereocenters. The van der Waals surface area contributed by atoms with Gasteiger partial charge in [0.05, 0.1) is 12.8 Å². The molecule has 1 aliphatic heterocycles. The molecule has 0 aromatic carbocycles. The molecule has 1 aromatic rings. The molecule has 0 spiro atoms. The highest BCUT2D eigenvalue weighted by Crippen LogP contribution is 2.33. The average Bonchev–Trinajstić information content (AvgIpc) is 3.30. The van der Waals surface area contributed by atoms with Crippen LogP contribution in [0.25, 0.3) is 0 Å². The minimum atomic E-state index is -0.663. The summed E-state index contributed by atoms with van der Waals surface area (Å²) in [5.41, 5.74) is 1.46. The number of hydrogen-bond donors (Lipinski definition) is 1. The number of ether oxygens (including phenoxy) is 2. The quantitative estimate of drug-likeness (QED) is 0.783. The Kier molecular flexibility index (Phi) is 6.29. The number of aromatic nitrogens is 2. The zero-order valence-electron chi connectivity index (χ0n) is 15.7. The van der Waals surface area contributed by atoms with Gasteiger partial charge in [-0.25, -0.2) is 4.79 Å². The third-order valence-electron chi connectivity index (χ3n) is 5.52. The lowest BCUT2D eigenvalue weighted by molar-refractivity contribution is -0.143. The highest BCUT2D eigenvalue weighted by Gasteiger charge is 2.29. The van der Waals surface area contributed by atoms with Crippen LogP contribution in [0.3, 0.4) is 0 Å². The van der Waals surface area contributed by atoms with Gasteiger partial charge in [-0.2, -0.15) is 5.10 Å². The Balaban J connectivity index is 1.67. The van der Waals surface area contributed by atoms with E-state index in [-0.39, 0.29) is 11.8 Å². The van der Waals surface area contributed by atoms with Crippen LogP contribution in [0.5, 0.6) is 0 Å². The number of carbonyl (C=O) groups is 2. The molecule has 2 heterocycles. The number of amides is 1. The zero-order valence-corrected chi connectivity index (χ0v) is 15.7. The Morgan fingerprint density at radius 1 is 1.35 bits per heavy atom. The topological polar surface area (TPSA) is 82.4 Å². The number of esters is 1. The Labute approximate surface area is 154 Å². The van der Waals surface area contributed by atoms with Crippen molar-refractivity contribution in [2.75, 3.05) is 20.3 Å². The summed E-state index contributed by atoms with van der Waals surface area (Å²) >= 11 is 0. The molecule has 1 N–H and O–H groups in total. The van der Waals surface area contributed by atoms with Crippen molar-refractivity contribution in [2.24, 2.45) is 13.0 Å². The molecule has 1 amide bonds. The molecule has 2 atom stereocenters. The van der Waals surface area contributed by atoms with E-state index in [1.807, 2.05) is 6.07 Å². The van der Waals surface area contributed by atoms with E-state index in [1.165, 1.54) is 20.0 Å². The number of rotatable bonds is 6. The first-order valence-corrected chi connectivity index (χ1v) is 9.59. The molecular formula is C19H29N3O4. The fraction of sp³-hybridized carbons (Fsp3) is 0.737. The molecule has 7 nitrogen and oxygen atoms in total. The van der Waals surface area contributed by atoms with Crippen molar-refractivity contribution in [1.82, 2.24) is 15.1 Å². The summed E-state index contributed by atoms with van der Waals surface area (Å²) in [6, 6.07) is 1.20. The van der Waals surface area contributed by atoms with Crippen LogP contribution in [-0.4, -0.2) is 48.0 Å². The summed E-state index contributed by atoms with van der Waals surface area (Å²) in [4.78, 5) is 24.9. The third-order valence-corrected chi connectivity index (χ3v) is 5.52. The highest BCUT2D eigenvalue weighted by molar-refractivity contribution is 5.95. The molecular weight excluding hydrogens is 334 g/mol. The molecule has 1 saturated carbocycles. The van der Waals surface area contributed by atoms with Crippen molar-refractivity contribution in [3.8, 4) is 0 Å². The predicted octanol–water partition coefficient (Wildman–Crippen LogP) is 2.17. The maximum atomic E-state index is 12.8. The molecule has 144 valence electrons. The van der Waals surface area contributed by atoms with Crippen LogP contribution in [0.2, 0.25) is 0 Å². The summed E-state index contributed by atoms with van der Waals surface area (Å²) in [5.74, 6) is 0.00533. The van der Waals surface area contributed by atoms with Gasteiger partial charge >= 0.3 is 5.97 Å². The Bertz CT molecular complexity index is 631. The maximum absolute atomic E-state index is 12.8. The normalized spacial score (nSPS) is 22.2. The molecule has 0 radical (unpaired) electrons. The SMILES string of the molecule is COC(=O)C(CC1CCCOC1)NC(=O)c1cc(C2CCCC2)nn1C. The molecule has 3 rings (SSSR count). The summed E-state index contributed by atoms with van der Waals surface area (Å²) in [6.45, 7) is 1.39. The van der Waals surface area contributed by atoms with Crippen molar-refractivity contribution in [3.63, 3.8) is 0 Å². The van der Waals surface area contributed by atoms with Gasteiger partial charge in [0, 0.05) is 26.2 Å². The van der Waals surface area contributed by atoms with Crippen molar-refractivity contribution < 1.29 is 19.1 Å². The van der Waals surface area contributed by atoms with Crippen LogP contribution >= 0.6 is 0 Å². The number of methoxy groups -OCH3 is 1. The minimum absolute atomic E-state index is 0.258. The second-order valence-corrected chi connectivity index (χ2v) is 7.43. The number of hydrogen-bond acceptors (Lipinski definition) is 5. The summed E-state index contributed by atoms with van der Waals surface area (Å²) in [7, 11) is 3.12. The van der Waals surface area contributed by atoms with Crippen molar-refractivity contribution in [3.05, 3.63) is 17.5 Å². The van der Waals surface area contributed by atoms with E-state index in [0.29, 0.717) is 24.6 Å². The first kappa shape index (κ1) is 18.9. The van der Waals surface area contributed by atoms with Gasteiger partial charge in [0.1, 0.15) is 11.7 Å². The van der Waals surface area contributed by atoms with Gasteiger partial charge in [0.25, 0.3) is 5.91 Å². The van der Waals surface area contributed by atoms with Crippen LogP contribution in [0.4, 0.5) is 0 Å². The van der Waals surface area contributed by atoms with Gasteiger partial charge in [-0.15, -0.1) is 0 Å². The fourth-order valence-corrected chi connectivity index (χ4v) is 4.04. The minimum Gasteiger partial charge on any atom is -0.467 e. The lowest BCUT2D eigenvalue weighted by Crippen LogP contribution is -2.44. The van der Waals surface area contributed by atoms with E-state index in [4.69, 9.17) is 9.47 Å². The maximum Gasteiger partial charge on any atom is 0.328 e. The van der Waals surface area contributed by atoms with Gasteiger partial charge in [0.15, 0.2) is 0 Å². The number of nitrogens with zero attached hydrogens (tertiary/aromatic N) is 2. The summed E-state index contributed by atoms with van der Waals surface area (Å²) < 4.78 is 12.0. The van der Waals surface area contributed by atoms with Gasteiger partial charge in [0.2, 0.25) is 0 Å². The van der Waals surface area contributed by atoms with Crippen LogP contribution in [0.1, 0.15) is 67.0 Å². The molecule has 1 aromatic heterocycles. The van der Waals surface area contributed by atoms with E-state index >= 15 is 0 Å². The second-order valence-electron chi connectivity index (χ2n) is 7.43. The highest BCUT2D eigenvalue weighted by atomic mass is 16.5. The van der Waals surface area contributed by atoms with Gasteiger partial charge in [-0.3, -0.25) is 9.48 Å². The van der Waals surface area contributed by atoms with Crippen LogP contribution in [0, 0.1) is 5.92 Å². The van der Waals surface area contributed by atoms with E-state index < -0.39 is 12.0 Å². The molecule has 26 heavy (non-hydrogen) atoms. The van der Waals surface area contributed by atoms with Crippen LogP contribution in [0.15, 0.2) is 6.07 Å². The molecule has 7 heteroatoms. The fourth-order valence-electron chi connectivity index (χ4n) is 4.04. The summed E-state index contributed by atoms with van der Waals surface area (Å²) in [5, 5.41) is 7.37. The third kappa shape index (κ3) is 4.44. The van der Waals surface area contributed by atoms with E-state index in [0.717, 1.165) is 38.0 Å². The van der Waals surface area contributed by atoms with Gasteiger partial charge in [-0.1, -0.05) is 12.8 Å². The Morgan fingerprint density at radius 2 is 2.12 bits per heavy atom. The standard InChI is InChI=1S/C19H29N3O4/c1-22-17(11-15(21-22)14-7-3-4-8-14)18(23)20-16(19(24)25-2)10-13-6-5-9-26-12-13/h11,13-14,16H,3-10,12H2,1-2H3,(H,20,23). The van der Waals surface area contributed by atoms with Crippen molar-refractivity contribution in [1.29, 1.82) is 0 Å². The smallest absolute Gasteiger partial charge is 0.328 e. The van der Waals surface area contributed by atoms with Gasteiger partial charge < -0.3 is 14.8 Å². The lowest BCUT2D eigenvalue weighted by atomic mass is 9.94. The Hall–Kier alpha value is -1.89. The molecule has 2 aliphatic rings. The summed E-state index contributed by atoms with van der Waals surface area (Å²) in [6.07, 6.45) is 7.22. The number of aryl methyl sites for hydroxylation is 1. The Morgan fingerprint density at radius 3 is 2.77 bits per heavy atom. The lowest BCUT2D eigenvalue weighted by Gasteiger charge is -2.25. The van der Waals surface area contributed by atoms with E-state index in [1.54, 1.807) is 11.7 Å². The average molecular weight is 363 g/mol. The number of carbonyl (C=O) groups excluding carboxylic acids is 2. The van der Waals surface area contributed by atoms with Crippen molar-refractivity contribution >= 4 is 11.9 Å². The van der Waals surface area contributed by atoms with E-state index in [2.05, 4.69) is 10.4 Å². The first-order chi connectivity index (χ1) is 12.6. The van der Waals surface area contributed by atoms with Gasteiger partial charge in [-0.05, 0) is 44.1 Å². The van der Waals surface area contributed by atoms with Crippen molar-refractivity contribution in [2.45, 2.75) is 56.9 Å². The second kappa shape index (κ2) is 8.66. The van der Waals surface area contributed by atoms with Crippen LogP contribution < -0.4 is 5.32 Å². The van der Waals surface area contributed by atoms with E-state index in [9.17, 15) is 9.59 Å². The molecule has 0 bridgehead atoms. The monoisotopic (exact) mass is 363 g/mol.